The van der Waals surface area contributed by atoms with Crippen molar-refractivity contribution in [2.75, 3.05) is 4.72 Å². The summed E-state index contributed by atoms with van der Waals surface area (Å²) in [4.78, 5) is 0.170. The van der Waals surface area contributed by atoms with Crippen LogP contribution in [0.2, 0.25) is 0 Å². The van der Waals surface area contributed by atoms with E-state index >= 15 is 0 Å². The van der Waals surface area contributed by atoms with Crippen molar-refractivity contribution in [3.8, 4) is 0 Å². The number of aryl methyl sites for hydroxylation is 1. The van der Waals surface area contributed by atoms with Gasteiger partial charge < -0.3 is 0 Å². The summed E-state index contributed by atoms with van der Waals surface area (Å²) in [5.41, 5.74) is 0.103. The number of nitrogens with one attached hydrogen (secondary N) is 1. The van der Waals surface area contributed by atoms with Crippen LogP contribution in [0.1, 0.15) is 45.4 Å². The van der Waals surface area contributed by atoms with E-state index in [2.05, 4.69) is 19.6 Å². The summed E-state index contributed by atoms with van der Waals surface area (Å²) in [5, 5.41) is 8.68. The number of rotatable bonds is 5. The SMILES string of the molecule is CCn1cc(S(=O)(=O)Nc2ccn(C34CC5CC(CC(C5)C3)C4)n2)cn1. The van der Waals surface area contributed by atoms with Gasteiger partial charge in [0.05, 0.1) is 11.7 Å². The first-order chi connectivity index (χ1) is 12.5. The van der Waals surface area contributed by atoms with Crippen molar-refractivity contribution in [3.05, 3.63) is 24.7 Å². The zero-order valence-electron chi connectivity index (χ0n) is 15.0. The molecule has 4 saturated carbocycles. The fraction of sp³-hybridized carbons (Fsp3) is 0.667. The lowest BCUT2D eigenvalue weighted by molar-refractivity contribution is -0.0492. The van der Waals surface area contributed by atoms with Gasteiger partial charge in [-0.25, -0.2) is 8.42 Å². The topological polar surface area (TPSA) is 81.8 Å². The number of hydrogen-bond acceptors (Lipinski definition) is 4. The van der Waals surface area contributed by atoms with Crippen LogP contribution in [0, 0.1) is 17.8 Å². The number of nitrogens with zero attached hydrogens (tertiary/aromatic N) is 4. The lowest BCUT2D eigenvalue weighted by Crippen LogP contribution is -2.52. The van der Waals surface area contributed by atoms with Crippen LogP contribution in [0.4, 0.5) is 5.82 Å². The maximum Gasteiger partial charge on any atom is 0.266 e. The van der Waals surface area contributed by atoms with Crippen LogP contribution in [-0.2, 0) is 22.1 Å². The quantitative estimate of drug-likeness (QED) is 0.871. The highest BCUT2D eigenvalue weighted by atomic mass is 32.2. The molecule has 4 fully saturated rings. The molecule has 0 aromatic carbocycles. The van der Waals surface area contributed by atoms with E-state index in [1.54, 1.807) is 16.9 Å². The Balaban J connectivity index is 1.39. The molecule has 1 N–H and O–H groups in total. The van der Waals surface area contributed by atoms with Crippen molar-refractivity contribution in [2.45, 2.75) is 62.4 Å². The van der Waals surface area contributed by atoms with Gasteiger partial charge in [0.2, 0.25) is 0 Å². The van der Waals surface area contributed by atoms with Gasteiger partial charge in [0.1, 0.15) is 4.90 Å². The lowest BCUT2D eigenvalue weighted by atomic mass is 9.53. The summed E-state index contributed by atoms with van der Waals surface area (Å²) < 4.78 is 31.4. The molecule has 4 aliphatic carbocycles. The zero-order valence-corrected chi connectivity index (χ0v) is 15.8. The fourth-order valence-electron chi connectivity index (χ4n) is 5.84. The van der Waals surface area contributed by atoms with Gasteiger partial charge in [-0.15, -0.1) is 0 Å². The molecule has 0 amide bonds. The molecule has 0 spiro atoms. The minimum absolute atomic E-state index is 0.103. The molecule has 7 nitrogen and oxygen atoms in total. The Morgan fingerprint density at radius 2 is 1.85 bits per heavy atom. The third kappa shape index (κ3) is 2.57. The second-order valence-corrected chi connectivity index (χ2v) is 10.1. The number of hydrogen-bond donors (Lipinski definition) is 1. The van der Waals surface area contributed by atoms with E-state index in [0.717, 1.165) is 17.8 Å². The Bertz CT molecular complexity index is 894. The first-order valence-corrected chi connectivity index (χ1v) is 11.1. The molecular formula is C18H25N5O2S. The Hall–Kier alpha value is -1.83. The largest absolute Gasteiger partial charge is 0.272 e. The third-order valence-corrected chi connectivity index (χ3v) is 7.87. The first-order valence-electron chi connectivity index (χ1n) is 9.57. The molecular weight excluding hydrogens is 350 g/mol. The van der Waals surface area contributed by atoms with E-state index in [1.807, 2.05) is 13.1 Å². The van der Waals surface area contributed by atoms with E-state index in [1.165, 1.54) is 44.7 Å². The van der Waals surface area contributed by atoms with E-state index in [4.69, 9.17) is 0 Å². The standard InChI is InChI=1S/C18H25N5O2S/c1-2-22-12-16(11-19-22)26(24,25)21-17-3-4-23(20-17)18-8-13-5-14(9-18)7-15(6-13)10-18/h3-4,11-15H,2,5-10H2,1H3,(H,20,21). The Morgan fingerprint density at radius 3 is 2.42 bits per heavy atom. The Morgan fingerprint density at radius 1 is 1.19 bits per heavy atom. The molecule has 0 saturated heterocycles. The van der Waals surface area contributed by atoms with Crippen LogP contribution in [-0.4, -0.2) is 28.0 Å². The van der Waals surface area contributed by atoms with Crippen LogP contribution in [0.25, 0.3) is 0 Å². The monoisotopic (exact) mass is 375 g/mol. The van der Waals surface area contributed by atoms with Gasteiger partial charge in [0, 0.05) is 25.0 Å². The van der Waals surface area contributed by atoms with Crippen LogP contribution >= 0.6 is 0 Å². The molecule has 4 bridgehead atoms. The highest BCUT2D eigenvalue weighted by molar-refractivity contribution is 7.92. The van der Waals surface area contributed by atoms with E-state index < -0.39 is 10.0 Å². The van der Waals surface area contributed by atoms with Crippen molar-refractivity contribution in [1.29, 1.82) is 0 Å². The minimum atomic E-state index is -3.65. The van der Waals surface area contributed by atoms with Gasteiger partial charge in [-0.3, -0.25) is 14.1 Å². The average Bonchev–Trinajstić information content (AvgIpc) is 3.22. The van der Waals surface area contributed by atoms with E-state index in [0.29, 0.717) is 12.4 Å². The summed E-state index contributed by atoms with van der Waals surface area (Å²) in [7, 11) is -3.65. The number of sulfonamides is 1. The molecule has 8 heteroatoms. The summed E-state index contributed by atoms with van der Waals surface area (Å²) in [6.45, 7) is 2.56. The second-order valence-electron chi connectivity index (χ2n) is 8.42. The van der Waals surface area contributed by atoms with Crippen molar-refractivity contribution < 1.29 is 8.42 Å². The maximum atomic E-state index is 12.6. The Kier molecular flexibility index (Phi) is 3.51. The molecule has 0 radical (unpaired) electrons. The molecule has 0 unspecified atom stereocenters. The summed E-state index contributed by atoms with van der Waals surface area (Å²) in [6, 6.07) is 1.78. The van der Waals surface area contributed by atoms with Crippen LogP contribution < -0.4 is 4.72 Å². The molecule has 4 aliphatic rings. The van der Waals surface area contributed by atoms with Crippen molar-refractivity contribution in [3.63, 3.8) is 0 Å². The van der Waals surface area contributed by atoms with Crippen molar-refractivity contribution in [2.24, 2.45) is 17.8 Å². The van der Waals surface area contributed by atoms with Gasteiger partial charge in [-0.1, -0.05) is 0 Å². The lowest BCUT2D eigenvalue weighted by Gasteiger charge is -2.56. The van der Waals surface area contributed by atoms with Gasteiger partial charge in [-0.2, -0.15) is 10.2 Å². The maximum absolute atomic E-state index is 12.6. The summed E-state index contributed by atoms with van der Waals surface area (Å²) >= 11 is 0. The van der Waals surface area contributed by atoms with Gasteiger partial charge in [0.25, 0.3) is 10.0 Å². The van der Waals surface area contributed by atoms with Crippen molar-refractivity contribution in [1.82, 2.24) is 19.6 Å². The van der Waals surface area contributed by atoms with Crippen LogP contribution in [0.5, 0.6) is 0 Å². The highest BCUT2D eigenvalue weighted by Crippen LogP contribution is 2.58. The fourth-order valence-corrected chi connectivity index (χ4v) is 6.79. The number of aromatic nitrogens is 4. The predicted octanol–water partition coefficient (Wildman–Crippen LogP) is 2.83. The molecule has 26 heavy (non-hydrogen) atoms. The first kappa shape index (κ1) is 16.4. The van der Waals surface area contributed by atoms with Gasteiger partial charge in [0.15, 0.2) is 5.82 Å². The molecule has 2 heterocycles. The normalized spacial score (nSPS) is 32.9. The van der Waals surface area contributed by atoms with Gasteiger partial charge >= 0.3 is 0 Å². The Labute approximate surface area is 153 Å². The minimum Gasteiger partial charge on any atom is -0.272 e. The van der Waals surface area contributed by atoms with E-state index in [-0.39, 0.29) is 10.4 Å². The zero-order chi connectivity index (χ0) is 17.9. The molecule has 6 rings (SSSR count). The van der Waals surface area contributed by atoms with Gasteiger partial charge in [-0.05, 0) is 63.2 Å². The molecule has 0 aliphatic heterocycles. The smallest absolute Gasteiger partial charge is 0.266 e. The predicted molar refractivity (Wildman–Crippen MR) is 97.1 cm³/mol. The van der Waals surface area contributed by atoms with E-state index in [9.17, 15) is 8.42 Å². The van der Waals surface area contributed by atoms with Crippen molar-refractivity contribution >= 4 is 15.8 Å². The molecule has 2 aromatic heterocycles. The molecule has 2 aromatic rings. The second kappa shape index (κ2) is 5.58. The summed E-state index contributed by atoms with van der Waals surface area (Å²) in [5.74, 6) is 2.87. The molecule has 0 atom stereocenters. The third-order valence-electron chi connectivity index (χ3n) is 6.56. The number of anilines is 1. The summed E-state index contributed by atoms with van der Waals surface area (Å²) in [6.07, 6.45) is 12.6. The highest BCUT2D eigenvalue weighted by Gasteiger charge is 2.52. The van der Waals surface area contributed by atoms with Crippen LogP contribution in [0.15, 0.2) is 29.6 Å². The molecule has 140 valence electrons. The van der Waals surface area contributed by atoms with Crippen LogP contribution in [0.3, 0.4) is 0 Å². The average molecular weight is 375 g/mol.